The van der Waals surface area contributed by atoms with Gasteiger partial charge in [-0.15, -0.1) is 0 Å². The minimum Gasteiger partial charge on any atom is -0.313 e. The first kappa shape index (κ1) is 13.5. The average Bonchev–Trinajstić information content (AvgIpc) is 2.37. The van der Waals surface area contributed by atoms with Crippen molar-refractivity contribution < 1.29 is 8.78 Å². The molecule has 2 rings (SSSR count). The Hall–Kier alpha value is -0.960. The lowest BCUT2D eigenvalue weighted by molar-refractivity contribution is 0.321. The van der Waals surface area contributed by atoms with Gasteiger partial charge in [0, 0.05) is 18.0 Å². The second-order valence-corrected chi connectivity index (χ2v) is 5.12. The third-order valence-corrected chi connectivity index (χ3v) is 3.78. The standard InChI is InChI=1S/C15H21F2N/c1-2-9-18-15-6-4-3-5-13(15)12-8-7-11(16)10-14(12)17/h7-8,10,13,15,18H,2-6,9H2,1H3. The van der Waals surface area contributed by atoms with Gasteiger partial charge >= 0.3 is 0 Å². The summed E-state index contributed by atoms with van der Waals surface area (Å²) in [5.74, 6) is -0.707. The van der Waals surface area contributed by atoms with Gasteiger partial charge in [0.15, 0.2) is 0 Å². The Bertz CT molecular complexity index is 392. The Morgan fingerprint density at radius 2 is 2.00 bits per heavy atom. The molecule has 18 heavy (non-hydrogen) atoms. The van der Waals surface area contributed by atoms with Crippen LogP contribution < -0.4 is 5.32 Å². The fourth-order valence-electron chi connectivity index (χ4n) is 2.88. The Morgan fingerprint density at radius 1 is 1.22 bits per heavy atom. The zero-order valence-corrected chi connectivity index (χ0v) is 10.9. The first-order chi connectivity index (χ1) is 8.72. The highest BCUT2D eigenvalue weighted by Gasteiger charge is 2.27. The summed E-state index contributed by atoms with van der Waals surface area (Å²) in [6.07, 6.45) is 5.48. The molecule has 0 radical (unpaired) electrons. The van der Waals surface area contributed by atoms with E-state index < -0.39 is 11.6 Å². The topological polar surface area (TPSA) is 12.0 Å². The molecule has 0 saturated heterocycles. The van der Waals surface area contributed by atoms with Crippen molar-refractivity contribution >= 4 is 0 Å². The van der Waals surface area contributed by atoms with Gasteiger partial charge in [-0.3, -0.25) is 0 Å². The molecule has 0 heterocycles. The van der Waals surface area contributed by atoms with Crippen molar-refractivity contribution in [1.29, 1.82) is 0 Å². The fraction of sp³-hybridized carbons (Fsp3) is 0.600. The molecule has 1 aromatic rings. The van der Waals surface area contributed by atoms with Crippen molar-refractivity contribution in [2.75, 3.05) is 6.54 Å². The SMILES string of the molecule is CCCNC1CCCCC1c1ccc(F)cc1F. The molecular weight excluding hydrogens is 232 g/mol. The van der Waals surface area contributed by atoms with E-state index in [9.17, 15) is 8.78 Å². The van der Waals surface area contributed by atoms with E-state index in [2.05, 4.69) is 12.2 Å². The van der Waals surface area contributed by atoms with E-state index in [4.69, 9.17) is 0 Å². The van der Waals surface area contributed by atoms with Crippen molar-refractivity contribution in [3.63, 3.8) is 0 Å². The third-order valence-electron chi connectivity index (χ3n) is 3.78. The van der Waals surface area contributed by atoms with Gasteiger partial charge in [0.1, 0.15) is 11.6 Å². The Labute approximate surface area is 108 Å². The molecule has 0 aliphatic heterocycles. The number of hydrogen-bond donors (Lipinski definition) is 1. The van der Waals surface area contributed by atoms with E-state index in [1.165, 1.54) is 12.5 Å². The summed E-state index contributed by atoms with van der Waals surface area (Å²) in [7, 11) is 0. The maximum absolute atomic E-state index is 13.9. The van der Waals surface area contributed by atoms with Crippen LogP contribution in [0.5, 0.6) is 0 Å². The molecule has 1 aliphatic carbocycles. The Morgan fingerprint density at radius 3 is 2.72 bits per heavy atom. The minimum atomic E-state index is -0.495. The highest BCUT2D eigenvalue weighted by atomic mass is 19.1. The molecule has 1 nitrogen and oxygen atoms in total. The predicted molar refractivity (Wildman–Crippen MR) is 69.6 cm³/mol. The Balaban J connectivity index is 2.16. The van der Waals surface area contributed by atoms with Crippen LogP contribution in [0.1, 0.15) is 50.5 Å². The fourth-order valence-corrected chi connectivity index (χ4v) is 2.88. The van der Waals surface area contributed by atoms with Crippen molar-refractivity contribution in [2.24, 2.45) is 0 Å². The molecule has 3 heteroatoms. The molecule has 1 aromatic carbocycles. The monoisotopic (exact) mass is 253 g/mol. The quantitative estimate of drug-likeness (QED) is 0.855. The summed E-state index contributed by atoms with van der Waals surface area (Å²) in [6.45, 7) is 3.09. The lowest BCUT2D eigenvalue weighted by atomic mass is 9.79. The second-order valence-electron chi connectivity index (χ2n) is 5.12. The maximum atomic E-state index is 13.9. The molecule has 2 unspecified atom stereocenters. The summed E-state index contributed by atoms with van der Waals surface area (Å²) in [4.78, 5) is 0. The largest absolute Gasteiger partial charge is 0.313 e. The van der Waals surface area contributed by atoms with Crippen molar-refractivity contribution in [3.8, 4) is 0 Å². The highest BCUT2D eigenvalue weighted by Crippen LogP contribution is 2.34. The third kappa shape index (κ3) is 3.08. The predicted octanol–water partition coefficient (Wildman–Crippen LogP) is 3.99. The maximum Gasteiger partial charge on any atom is 0.129 e. The minimum absolute atomic E-state index is 0.186. The van der Waals surface area contributed by atoms with Crippen LogP contribution in [0.2, 0.25) is 0 Å². The zero-order chi connectivity index (χ0) is 13.0. The van der Waals surface area contributed by atoms with Gasteiger partial charge in [-0.2, -0.15) is 0 Å². The van der Waals surface area contributed by atoms with E-state index in [1.54, 1.807) is 6.07 Å². The van der Waals surface area contributed by atoms with Crippen LogP contribution in [0.4, 0.5) is 8.78 Å². The Kier molecular flexibility index (Phi) is 4.70. The van der Waals surface area contributed by atoms with Crippen LogP contribution >= 0.6 is 0 Å². The average molecular weight is 253 g/mol. The molecule has 1 saturated carbocycles. The van der Waals surface area contributed by atoms with Crippen molar-refractivity contribution in [2.45, 2.75) is 51.0 Å². The van der Waals surface area contributed by atoms with Gasteiger partial charge in [-0.25, -0.2) is 8.78 Å². The van der Waals surface area contributed by atoms with E-state index in [0.29, 0.717) is 11.6 Å². The lowest BCUT2D eigenvalue weighted by Crippen LogP contribution is -2.38. The number of benzene rings is 1. The van der Waals surface area contributed by atoms with Crippen LogP contribution in [0.25, 0.3) is 0 Å². The number of halogens is 2. The molecule has 1 fully saturated rings. The van der Waals surface area contributed by atoms with Gasteiger partial charge in [-0.05, 0) is 37.4 Å². The van der Waals surface area contributed by atoms with Gasteiger partial charge in [-0.1, -0.05) is 25.8 Å². The summed E-state index contributed by atoms with van der Waals surface area (Å²) in [6, 6.07) is 4.31. The lowest BCUT2D eigenvalue weighted by Gasteiger charge is -2.33. The first-order valence-corrected chi connectivity index (χ1v) is 6.90. The molecule has 1 N–H and O–H groups in total. The highest BCUT2D eigenvalue weighted by molar-refractivity contribution is 5.24. The number of nitrogens with one attached hydrogen (secondary N) is 1. The van der Waals surface area contributed by atoms with E-state index in [0.717, 1.165) is 38.3 Å². The summed E-state index contributed by atoms with van der Waals surface area (Å²) >= 11 is 0. The summed E-state index contributed by atoms with van der Waals surface area (Å²) in [5, 5.41) is 3.50. The van der Waals surface area contributed by atoms with Crippen molar-refractivity contribution in [1.82, 2.24) is 5.32 Å². The van der Waals surface area contributed by atoms with Crippen LogP contribution in [-0.2, 0) is 0 Å². The van der Waals surface area contributed by atoms with E-state index >= 15 is 0 Å². The molecule has 100 valence electrons. The number of rotatable bonds is 4. The molecule has 0 spiro atoms. The van der Waals surface area contributed by atoms with Crippen LogP contribution in [-0.4, -0.2) is 12.6 Å². The molecule has 1 aliphatic rings. The summed E-state index contributed by atoms with van der Waals surface area (Å²) in [5.41, 5.74) is 0.671. The van der Waals surface area contributed by atoms with Gasteiger partial charge in [0.05, 0.1) is 0 Å². The molecular formula is C15H21F2N. The summed E-state index contributed by atoms with van der Waals surface area (Å²) < 4.78 is 26.8. The van der Waals surface area contributed by atoms with Gasteiger partial charge in [0.25, 0.3) is 0 Å². The number of hydrogen-bond acceptors (Lipinski definition) is 1. The van der Waals surface area contributed by atoms with Gasteiger partial charge < -0.3 is 5.32 Å². The smallest absolute Gasteiger partial charge is 0.129 e. The normalized spacial score (nSPS) is 24.2. The van der Waals surface area contributed by atoms with Crippen molar-refractivity contribution in [3.05, 3.63) is 35.4 Å². The first-order valence-electron chi connectivity index (χ1n) is 6.90. The van der Waals surface area contributed by atoms with Gasteiger partial charge in [0.2, 0.25) is 0 Å². The van der Waals surface area contributed by atoms with Crippen LogP contribution in [0.3, 0.4) is 0 Å². The zero-order valence-electron chi connectivity index (χ0n) is 10.9. The second kappa shape index (κ2) is 6.28. The molecule has 0 bridgehead atoms. The molecule has 0 aromatic heterocycles. The van der Waals surface area contributed by atoms with E-state index in [1.807, 2.05) is 0 Å². The van der Waals surface area contributed by atoms with Crippen LogP contribution in [0, 0.1) is 11.6 Å². The van der Waals surface area contributed by atoms with E-state index in [-0.39, 0.29) is 5.92 Å². The van der Waals surface area contributed by atoms with Crippen LogP contribution in [0.15, 0.2) is 18.2 Å². The molecule has 2 atom stereocenters. The molecule has 0 amide bonds.